The lowest BCUT2D eigenvalue weighted by Gasteiger charge is -2.21. The van der Waals surface area contributed by atoms with Crippen molar-refractivity contribution in [2.45, 2.75) is 6.54 Å². The van der Waals surface area contributed by atoms with Crippen molar-refractivity contribution < 1.29 is 18.7 Å². The molecular formula is C20H19FN2O3. The average molecular weight is 354 g/mol. The van der Waals surface area contributed by atoms with Gasteiger partial charge in [0.25, 0.3) is 5.91 Å². The topological polar surface area (TPSA) is 49.9 Å². The van der Waals surface area contributed by atoms with Crippen LogP contribution in [0.15, 0.2) is 55.1 Å². The standard InChI is InChI=1S/C20H19FN2O3/c1-3-19(24)22(2)15-9-7-14(8-10-15)20(25)23-11-12-26-18-6-4-5-17(21)16(18)13-23/h3-10H,1,11-13H2,2H3. The van der Waals surface area contributed by atoms with Gasteiger partial charge in [-0.2, -0.15) is 0 Å². The summed E-state index contributed by atoms with van der Waals surface area (Å²) >= 11 is 0. The predicted molar refractivity (Wildman–Crippen MR) is 96.7 cm³/mol. The fraction of sp³-hybridized carbons (Fsp3) is 0.200. The molecule has 0 radical (unpaired) electrons. The Bertz CT molecular complexity index is 849. The largest absolute Gasteiger partial charge is 0.491 e. The molecule has 2 aromatic carbocycles. The van der Waals surface area contributed by atoms with E-state index in [1.807, 2.05) is 0 Å². The summed E-state index contributed by atoms with van der Waals surface area (Å²) in [5.74, 6) is -0.364. The van der Waals surface area contributed by atoms with Crippen LogP contribution in [0.25, 0.3) is 0 Å². The van der Waals surface area contributed by atoms with Gasteiger partial charge in [0, 0.05) is 23.9 Å². The summed E-state index contributed by atoms with van der Waals surface area (Å²) in [7, 11) is 1.63. The maximum absolute atomic E-state index is 14.1. The van der Waals surface area contributed by atoms with Gasteiger partial charge in [-0.1, -0.05) is 12.6 Å². The third-order valence-corrected chi connectivity index (χ3v) is 4.34. The first-order chi connectivity index (χ1) is 12.5. The van der Waals surface area contributed by atoms with Crippen LogP contribution in [0, 0.1) is 5.82 Å². The Morgan fingerprint density at radius 3 is 2.65 bits per heavy atom. The quantitative estimate of drug-likeness (QED) is 0.796. The normalized spacial score (nSPS) is 13.2. The van der Waals surface area contributed by atoms with Gasteiger partial charge in [-0.05, 0) is 42.5 Å². The second-order valence-corrected chi connectivity index (χ2v) is 5.94. The van der Waals surface area contributed by atoms with Crippen LogP contribution in [-0.2, 0) is 11.3 Å². The highest BCUT2D eigenvalue weighted by atomic mass is 19.1. The van der Waals surface area contributed by atoms with Crippen molar-refractivity contribution >= 4 is 17.5 Å². The van der Waals surface area contributed by atoms with Gasteiger partial charge in [0.15, 0.2) is 0 Å². The predicted octanol–water partition coefficient (Wildman–Crippen LogP) is 3.01. The van der Waals surface area contributed by atoms with Gasteiger partial charge in [0.05, 0.1) is 13.1 Å². The van der Waals surface area contributed by atoms with Gasteiger partial charge < -0.3 is 14.5 Å². The van der Waals surface area contributed by atoms with Crippen molar-refractivity contribution in [1.29, 1.82) is 0 Å². The number of ether oxygens (including phenoxy) is 1. The number of hydrogen-bond donors (Lipinski definition) is 0. The lowest BCUT2D eigenvalue weighted by atomic mass is 10.1. The zero-order chi connectivity index (χ0) is 18.7. The van der Waals surface area contributed by atoms with E-state index in [-0.39, 0.29) is 24.2 Å². The van der Waals surface area contributed by atoms with Crippen molar-refractivity contribution in [3.05, 3.63) is 72.1 Å². The molecule has 0 spiro atoms. The monoisotopic (exact) mass is 354 g/mol. The number of benzene rings is 2. The number of likely N-dealkylation sites (N-methyl/N-ethyl adjacent to an activating group) is 1. The summed E-state index contributed by atoms with van der Waals surface area (Å²) in [4.78, 5) is 27.4. The van der Waals surface area contributed by atoms with Gasteiger partial charge in [0.1, 0.15) is 18.2 Å². The van der Waals surface area contributed by atoms with Crippen LogP contribution in [-0.4, -0.2) is 36.9 Å². The Hall–Kier alpha value is -3.15. The lowest BCUT2D eigenvalue weighted by Crippen LogP contribution is -2.32. The maximum Gasteiger partial charge on any atom is 0.254 e. The molecule has 0 saturated carbocycles. The summed E-state index contributed by atoms with van der Waals surface area (Å²) in [6, 6.07) is 11.3. The number of halogens is 1. The fourth-order valence-electron chi connectivity index (χ4n) is 2.81. The molecule has 0 fully saturated rings. The summed E-state index contributed by atoms with van der Waals surface area (Å²) in [5.41, 5.74) is 1.50. The molecule has 134 valence electrons. The van der Waals surface area contributed by atoms with Gasteiger partial charge in [-0.3, -0.25) is 9.59 Å². The molecule has 2 aromatic rings. The van der Waals surface area contributed by atoms with E-state index in [4.69, 9.17) is 4.74 Å². The van der Waals surface area contributed by atoms with E-state index in [9.17, 15) is 14.0 Å². The smallest absolute Gasteiger partial charge is 0.254 e. The summed E-state index contributed by atoms with van der Waals surface area (Å²) in [5, 5.41) is 0. The zero-order valence-electron chi connectivity index (χ0n) is 14.4. The highest BCUT2D eigenvalue weighted by molar-refractivity contribution is 6.01. The van der Waals surface area contributed by atoms with Crippen LogP contribution < -0.4 is 9.64 Å². The summed E-state index contributed by atoms with van der Waals surface area (Å²) in [6.45, 7) is 4.27. The van der Waals surface area contributed by atoms with Crippen molar-refractivity contribution in [1.82, 2.24) is 4.90 Å². The first-order valence-corrected chi connectivity index (χ1v) is 8.21. The minimum atomic E-state index is -0.387. The van der Waals surface area contributed by atoms with Crippen LogP contribution in [0.1, 0.15) is 15.9 Å². The molecule has 6 heteroatoms. The molecule has 5 nitrogen and oxygen atoms in total. The van der Waals surface area contributed by atoms with Gasteiger partial charge in [-0.25, -0.2) is 4.39 Å². The molecule has 26 heavy (non-hydrogen) atoms. The fourth-order valence-corrected chi connectivity index (χ4v) is 2.81. The number of carbonyl (C=O) groups excluding carboxylic acids is 2. The Morgan fingerprint density at radius 1 is 1.23 bits per heavy atom. The lowest BCUT2D eigenvalue weighted by molar-refractivity contribution is -0.113. The number of amides is 2. The molecular weight excluding hydrogens is 335 g/mol. The molecule has 0 bridgehead atoms. The van der Waals surface area contributed by atoms with Gasteiger partial charge in [-0.15, -0.1) is 0 Å². The molecule has 0 atom stereocenters. The van der Waals surface area contributed by atoms with Gasteiger partial charge in [0.2, 0.25) is 5.91 Å². The van der Waals surface area contributed by atoms with Crippen LogP contribution >= 0.6 is 0 Å². The number of anilines is 1. The minimum Gasteiger partial charge on any atom is -0.491 e. The Morgan fingerprint density at radius 2 is 1.96 bits per heavy atom. The van der Waals surface area contributed by atoms with Crippen molar-refractivity contribution in [3.8, 4) is 5.75 Å². The van der Waals surface area contributed by atoms with E-state index in [2.05, 4.69) is 6.58 Å². The highest BCUT2D eigenvalue weighted by Crippen LogP contribution is 2.26. The van der Waals surface area contributed by atoms with Crippen molar-refractivity contribution in [2.75, 3.05) is 25.1 Å². The van der Waals surface area contributed by atoms with Gasteiger partial charge >= 0.3 is 0 Å². The van der Waals surface area contributed by atoms with E-state index < -0.39 is 0 Å². The summed E-state index contributed by atoms with van der Waals surface area (Å²) in [6.07, 6.45) is 1.22. The summed E-state index contributed by atoms with van der Waals surface area (Å²) < 4.78 is 19.6. The van der Waals surface area contributed by atoms with E-state index >= 15 is 0 Å². The molecule has 0 aliphatic carbocycles. The molecule has 3 rings (SSSR count). The third-order valence-electron chi connectivity index (χ3n) is 4.34. The number of nitrogens with zero attached hydrogens (tertiary/aromatic N) is 2. The highest BCUT2D eigenvalue weighted by Gasteiger charge is 2.23. The molecule has 1 heterocycles. The maximum atomic E-state index is 14.1. The van der Waals surface area contributed by atoms with Crippen LogP contribution in [0.5, 0.6) is 5.75 Å². The Balaban J connectivity index is 1.80. The first-order valence-electron chi connectivity index (χ1n) is 8.21. The first kappa shape index (κ1) is 17.7. The Kier molecular flexibility index (Phi) is 5.02. The number of carbonyl (C=O) groups is 2. The molecule has 2 amide bonds. The Labute approximate surface area is 151 Å². The minimum absolute atomic E-state index is 0.150. The number of fused-ring (bicyclic) bond motifs is 1. The SMILES string of the molecule is C=CC(=O)N(C)c1ccc(C(=O)N2CCOc3cccc(F)c3C2)cc1. The van der Waals surface area contributed by atoms with Crippen molar-refractivity contribution in [3.63, 3.8) is 0 Å². The molecule has 0 aromatic heterocycles. The van der Waals surface area contributed by atoms with E-state index in [0.29, 0.717) is 35.7 Å². The van der Waals surface area contributed by atoms with E-state index in [0.717, 1.165) is 0 Å². The van der Waals surface area contributed by atoms with Crippen LogP contribution in [0.3, 0.4) is 0 Å². The van der Waals surface area contributed by atoms with E-state index in [1.54, 1.807) is 48.3 Å². The van der Waals surface area contributed by atoms with E-state index in [1.165, 1.54) is 17.0 Å². The molecule has 0 unspecified atom stereocenters. The second kappa shape index (κ2) is 7.39. The number of rotatable bonds is 3. The molecule has 0 saturated heterocycles. The van der Waals surface area contributed by atoms with Crippen LogP contribution in [0.2, 0.25) is 0 Å². The number of hydrogen-bond acceptors (Lipinski definition) is 3. The van der Waals surface area contributed by atoms with Crippen molar-refractivity contribution in [2.24, 2.45) is 0 Å². The molecule has 1 aliphatic rings. The third kappa shape index (κ3) is 3.44. The molecule has 1 aliphatic heterocycles. The van der Waals surface area contributed by atoms with Crippen LogP contribution in [0.4, 0.5) is 10.1 Å². The molecule has 0 N–H and O–H groups in total. The second-order valence-electron chi connectivity index (χ2n) is 5.94. The zero-order valence-corrected chi connectivity index (χ0v) is 14.4. The average Bonchev–Trinajstić information content (AvgIpc) is 2.90.